The van der Waals surface area contributed by atoms with Crippen molar-refractivity contribution < 1.29 is 4.39 Å². The SMILES string of the molecule is Cc1nn(Cc2ccc(Br)cc2F)c(C)c1CN. The fourth-order valence-electron chi connectivity index (χ4n) is 1.99. The Balaban J connectivity index is 2.34. The maximum absolute atomic E-state index is 13.8. The fraction of sp³-hybridized carbons (Fsp3) is 0.308. The van der Waals surface area contributed by atoms with Crippen molar-refractivity contribution in [1.29, 1.82) is 0 Å². The van der Waals surface area contributed by atoms with Crippen LogP contribution in [0.4, 0.5) is 4.39 Å². The van der Waals surface area contributed by atoms with Crippen molar-refractivity contribution >= 4 is 15.9 Å². The maximum Gasteiger partial charge on any atom is 0.129 e. The molecule has 0 radical (unpaired) electrons. The van der Waals surface area contributed by atoms with Crippen molar-refractivity contribution in [3.63, 3.8) is 0 Å². The second kappa shape index (κ2) is 5.20. The molecule has 1 aromatic carbocycles. The zero-order valence-corrected chi connectivity index (χ0v) is 12.0. The molecule has 0 aliphatic heterocycles. The standard InChI is InChI=1S/C13H15BrFN3/c1-8-12(6-16)9(2)18(17-8)7-10-3-4-11(14)5-13(10)15/h3-5H,6-7,16H2,1-2H3. The molecule has 1 heterocycles. The first kappa shape index (κ1) is 13.2. The van der Waals surface area contributed by atoms with E-state index in [1.54, 1.807) is 10.7 Å². The molecule has 0 spiro atoms. The molecule has 0 amide bonds. The first-order chi connectivity index (χ1) is 8.52. The van der Waals surface area contributed by atoms with Crippen LogP contribution in [0.2, 0.25) is 0 Å². The molecule has 1 aromatic heterocycles. The van der Waals surface area contributed by atoms with Crippen LogP contribution in [0.25, 0.3) is 0 Å². The zero-order valence-electron chi connectivity index (χ0n) is 10.4. The highest BCUT2D eigenvalue weighted by Gasteiger charge is 2.11. The second-order valence-corrected chi connectivity index (χ2v) is 5.16. The Morgan fingerprint density at radius 2 is 2.11 bits per heavy atom. The molecule has 0 saturated carbocycles. The number of aromatic nitrogens is 2. The Morgan fingerprint density at radius 3 is 2.67 bits per heavy atom. The monoisotopic (exact) mass is 311 g/mol. The van der Waals surface area contributed by atoms with Crippen molar-refractivity contribution in [1.82, 2.24) is 9.78 Å². The summed E-state index contributed by atoms with van der Waals surface area (Å²) in [6.07, 6.45) is 0. The molecule has 2 aromatic rings. The van der Waals surface area contributed by atoms with Gasteiger partial charge in [-0.05, 0) is 26.0 Å². The molecule has 5 heteroatoms. The lowest BCUT2D eigenvalue weighted by Crippen LogP contribution is -2.07. The zero-order chi connectivity index (χ0) is 13.3. The number of nitrogens with two attached hydrogens (primary N) is 1. The van der Waals surface area contributed by atoms with Gasteiger partial charge in [-0.1, -0.05) is 22.0 Å². The predicted octanol–water partition coefficient (Wildman–Crippen LogP) is 2.91. The summed E-state index contributed by atoms with van der Waals surface area (Å²) in [4.78, 5) is 0. The molecule has 18 heavy (non-hydrogen) atoms. The van der Waals surface area contributed by atoms with Crippen LogP contribution in [0.5, 0.6) is 0 Å². The summed E-state index contributed by atoms with van der Waals surface area (Å²) in [5.74, 6) is -0.230. The summed E-state index contributed by atoms with van der Waals surface area (Å²) in [5.41, 5.74) is 9.23. The van der Waals surface area contributed by atoms with Gasteiger partial charge in [0.2, 0.25) is 0 Å². The van der Waals surface area contributed by atoms with Crippen molar-refractivity contribution in [2.75, 3.05) is 0 Å². The number of nitrogens with zero attached hydrogens (tertiary/aromatic N) is 2. The number of halogens is 2. The summed E-state index contributed by atoms with van der Waals surface area (Å²) in [5, 5.41) is 4.40. The molecule has 0 atom stereocenters. The van der Waals surface area contributed by atoms with Gasteiger partial charge in [-0.2, -0.15) is 5.10 Å². The topological polar surface area (TPSA) is 43.8 Å². The van der Waals surface area contributed by atoms with Gasteiger partial charge in [0.1, 0.15) is 5.82 Å². The van der Waals surface area contributed by atoms with Gasteiger partial charge in [0.25, 0.3) is 0 Å². The van der Waals surface area contributed by atoms with Crippen LogP contribution in [0.1, 0.15) is 22.5 Å². The van der Waals surface area contributed by atoms with Crippen molar-refractivity contribution in [3.05, 3.63) is 51.0 Å². The van der Waals surface area contributed by atoms with E-state index in [1.807, 2.05) is 19.9 Å². The lowest BCUT2D eigenvalue weighted by molar-refractivity contribution is 0.578. The Bertz CT molecular complexity index is 578. The lowest BCUT2D eigenvalue weighted by Gasteiger charge is -2.07. The molecule has 0 aliphatic carbocycles. The molecule has 2 N–H and O–H groups in total. The highest BCUT2D eigenvalue weighted by molar-refractivity contribution is 9.10. The molecule has 3 nitrogen and oxygen atoms in total. The van der Waals surface area contributed by atoms with E-state index in [9.17, 15) is 4.39 Å². The lowest BCUT2D eigenvalue weighted by atomic mass is 10.2. The second-order valence-electron chi connectivity index (χ2n) is 4.25. The first-order valence-electron chi connectivity index (χ1n) is 5.69. The quantitative estimate of drug-likeness (QED) is 0.947. The molecular weight excluding hydrogens is 297 g/mol. The van der Waals surface area contributed by atoms with Crippen LogP contribution in [-0.2, 0) is 13.1 Å². The van der Waals surface area contributed by atoms with Crippen molar-refractivity contribution in [2.24, 2.45) is 5.73 Å². The van der Waals surface area contributed by atoms with E-state index in [0.29, 0.717) is 18.7 Å². The highest BCUT2D eigenvalue weighted by atomic mass is 79.9. The van der Waals surface area contributed by atoms with Crippen LogP contribution in [0.3, 0.4) is 0 Å². The summed E-state index contributed by atoms with van der Waals surface area (Å²) in [6, 6.07) is 5.05. The summed E-state index contributed by atoms with van der Waals surface area (Å²) in [6.45, 7) is 4.76. The Labute approximate surface area is 114 Å². The molecule has 0 fully saturated rings. The van der Waals surface area contributed by atoms with Gasteiger partial charge in [-0.15, -0.1) is 0 Å². The van der Waals surface area contributed by atoms with E-state index in [-0.39, 0.29) is 5.82 Å². The third-order valence-corrected chi connectivity index (χ3v) is 3.56. The van der Waals surface area contributed by atoms with Gasteiger partial charge in [-0.25, -0.2) is 4.39 Å². The summed E-state index contributed by atoms with van der Waals surface area (Å²) < 4.78 is 16.3. The molecule has 0 saturated heterocycles. The minimum absolute atomic E-state index is 0.230. The molecular formula is C13H15BrFN3. The number of hydrogen-bond donors (Lipinski definition) is 1. The number of benzene rings is 1. The van der Waals surface area contributed by atoms with E-state index >= 15 is 0 Å². The van der Waals surface area contributed by atoms with Crippen LogP contribution in [0.15, 0.2) is 22.7 Å². The number of aryl methyl sites for hydroxylation is 1. The number of hydrogen-bond acceptors (Lipinski definition) is 2. The van der Waals surface area contributed by atoms with Gasteiger partial charge in [0.05, 0.1) is 12.2 Å². The van der Waals surface area contributed by atoms with Gasteiger partial charge in [-0.3, -0.25) is 4.68 Å². The summed E-state index contributed by atoms with van der Waals surface area (Å²) >= 11 is 3.24. The van der Waals surface area contributed by atoms with Crippen LogP contribution in [0, 0.1) is 19.7 Å². The van der Waals surface area contributed by atoms with Crippen LogP contribution >= 0.6 is 15.9 Å². The van der Waals surface area contributed by atoms with E-state index < -0.39 is 0 Å². The Morgan fingerprint density at radius 1 is 1.39 bits per heavy atom. The average molecular weight is 312 g/mol. The van der Waals surface area contributed by atoms with E-state index in [1.165, 1.54) is 6.07 Å². The first-order valence-corrected chi connectivity index (χ1v) is 6.49. The third-order valence-electron chi connectivity index (χ3n) is 3.07. The normalized spacial score (nSPS) is 10.9. The maximum atomic E-state index is 13.8. The van der Waals surface area contributed by atoms with Crippen molar-refractivity contribution in [3.8, 4) is 0 Å². The molecule has 0 unspecified atom stereocenters. The van der Waals surface area contributed by atoms with Crippen molar-refractivity contribution in [2.45, 2.75) is 26.9 Å². The number of rotatable bonds is 3. The van der Waals surface area contributed by atoms with E-state index in [0.717, 1.165) is 21.4 Å². The molecule has 0 bridgehead atoms. The molecule has 2 rings (SSSR count). The largest absolute Gasteiger partial charge is 0.326 e. The fourth-order valence-corrected chi connectivity index (χ4v) is 2.33. The molecule has 96 valence electrons. The minimum Gasteiger partial charge on any atom is -0.326 e. The summed E-state index contributed by atoms with van der Waals surface area (Å²) in [7, 11) is 0. The Kier molecular flexibility index (Phi) is 3.82. The predicted molar refractivity (Wildman–Crippen MR) is 72.8 cm³/mol. The minimum atomic E-state index is -0.230. The van der Waals surface area contributed by atoms with E-state index in [2.05, 4.69) is 21.0 Å². The average Bonchev–Trinajstić information content (AvgIpc) is 2.58. The Hall–Kier alpha value is -1.20. The van der Waals surface area contributed by atoms with Crippen LogP contribution in [-0.4, -0.2) is 9.78 Å². The molecule has 0 aliphatic rings. The van der Waals surface area contributed by atoms with Gasteiger partial charge in [0.15, 0.2) is 0 Å². The highest BCUT2D eigenvalue weighted by Crippen LogP contribution is 2.18. The smallest absolute Gasteiger partial charge is 0.129 e. The van der Waals surface area contributed by atoms with Gasteiger partial charge < -0.3 is 5.73 Å². The van der Waals surface area contributed by atoms with Crippen LogP contribution < -0.4 is 5.73 Å². The van der Waals surface area contributed by atoms with Gasteiger partial charge in [0, 0.05) is 27.8 Å². The third kappa shape index (κ3) is 2.47. The van der Waals surface area contributed by atoms with E-state index in [4.69, 9.17) is 5.73 Å². The van der Waals surface area contributed by atoms with Gasteiger partial charge >= 0.3 is 0 Å².